The van der Waals surface area contributed by atoms with Crippen LogP contribution in [0.25, 0.3) is 0 Å². The lowest BCUT2D eigenvalue weighted by atomic mass is 9.91. The smallest absolute Gasteiger partial charge is 0.325 e. The van der Waals surface area contributed by atoms with E-state index >= 15 is 0 Å². The second kappa shape index (κ2) is 7.94. The van der Waals surface area contributed by atoms with Crippen molar-refractivity contribution in [3.8, 4) is 11.5 Å². The van der Waals surface area contributed by atoms with Crippen molar-refractivity contribution in [1.29, 1.82) is 0 Å². The Balaban J connectivity index is 1.45. The van der Waals surface area contributed by atoms with Gasteiger partial charge >= 0.3 is 6.03 Å². The number of anilines is 1. The molecule has 8 heteroatoms. The van der Waals surface area contributed by atoms with E-state index < -0.39 is 23.4 Å². The summed E-state index contributed by atoms with van der Waals surface area (Å²) in [6.45, 7) is 5.60. The van der Waals surface area contributed by atoms with E-state index in [9.17, 15) is 14.4 Å². The van der Waals surface area contributed by atoms with Crippen LogP contribution in [0.4, 0.5) is 10.5 Å². The van der Waals surface area contributed by atoms with Gasteiger partial charge in [-0.15, -0.1) is 0 Å². The maximum absolute atomic E-state index is 13.1. The summed E-state index contributed by atoms with van der Waals surface area (Å²) in [5.74, 6) is 0.579. The Labute approximate surface area is 180 Å². The number of hydrogen-bond donors (Lipinski definition) is 2. The fourth-order valence-corrected chi connectivity index (χ4v) is 3.72. The lowest BCUT2D eigenvalue weighted by Gasteiger charge is -2.22. The van der Waals surface area contributed by atoms with Crippen molar-refractivity contribution in [3.63, 3.8) is 0 Å². The molecule has 2 N–H and O–H groups in total. The minimum Gasteiger partial charge on any atom is -0.454 e. The van der Waals surface area contributed by atoms with Crippen molar-refractivity contribution in [2.24, 2.45) is 0 Å². The lowest BCUT2D eigenvalue weighted by Crippen LogP contribution is -2.42. The average molecular weight is 423 g/mol. The first-order valence-corrected chi connectivity index (χ1v) is 10.3. The highest BCUT2D eigenvalue weighted by Crippen LogP contribution is 2.37. The van der Waals surface area contributed by atoms with Crippen LogP contribution in [0.3, 0.4) is 0 Å². The number of hydrogen-bond acceptors (Lipinski definition) is 5. The van der Waals surface area contributed by atoms with E-state index in [1.165, 1.54) is 5.56 Å². The predicted octanol–water partition coefficient (Wildman–Crippen LogP) is 3.33. The number of ether oxygens (including phenoxy) is 2. The zero-order valence-corrected chi connectivity index (χ0v) is 17.7. The molecule has 1 saturated heterocycles. The van der Waals surface area contributed by atoms with E-state index in [2.05, 4.69) is 24.5 Å². The number of benzene rings is 2. The lowest BCUT2D eigenvalue weighted by molar-refractivity contribution is -0.133. The third-order valence-electron chi connectivity index (χ3n) is 5.90. The van der Waals surface area contributed by atoms with Crippen LogP contribution in [-0.4, -0.2) is 36.1 Å². The summed E-state index contributed by atoms with van der Waals surface area (Å²) in [7, 11) is 0. The fraction of sp³-hybridized carbons (Fsp3) is 0.348. The summed E-state index contributed by atoms with van der Waals surface area (Å²) in [6.07, 6.45) is 1.03. The molecule has 2 heterocycles. The number of imide groups is 1. The summed E-state index contributed by atoms with van der Waals surface area (Å²) in [6, 6.07) is 12.0. The number of amides is 4. The van der Waals surface area contributed by atoms with Crippen LogP contribution in [0.1, 0.15) is 44.2 Å². The highest BCUT2D eigenvalue weighted by Gasteiger charge is 2.49. The third kappa shape index (κ3) is 3.81. The molecule has 4 amide bonds. The second-order valence-corrected chi connectivity index (χ2v) is 7.99. The minimum absolute atomic E-state index is 0.112. The van der Waals surface area contributed by atoms with E-state index in [-0.39, 0.29) is 13.3 Å². The maximum Gasteiger partial charge on any atom is 0.325 e. The van der Waals surface area contributed by atoms with Gasteiger partial charge in [-0.05, 0) is 54.7 Å². The molecule has 2 aliphatic heterocycles. The maximum atomic E-state index is 13.1. The highest BCUT2D eigenvalue weighted by molar-refractivity contribution is 6.10. The molecule has 2 aromatic carbocycles. The molecule has 0 aliphatic carbocycles. The van der Waals surface area contributed by atoms with E-state index in [4.69, 9.17) is 9.47 Å². The van der Waals surface area contributed by atoms with Crippen molar-refractivity contribution >= 4 is 23.5 Å². The molecule has 2 aliphatic rings. The Morgan fingerprint density at radius 1 is 1.16 bits per heavy atom. The molecule has 0 radical (unpaired) electrons. The first-order valence-electron chi connectivity index (χ1n) is 10.3. The minimum atomic E-state index is -1.30. The summed E-state index contributed by atoms with van der Waals surface area (Å²) in [5.41, 5.74) is 1.06. The Hall–Kier alpha value is -3.55. The van der Waals surface area contributed by atoms with Gasteiger partial charge in [-0.25, -0.2) is 4.79 Å². The third-order valence-corrected chi connectivity index (χ3v) is 5.90. The molecule has 0 spiro atoms. The van der Waals surface area contributed by atoms with Crippen LogP contribution in [-0.2, 0) is 15.1 Å². The van der Waals surface area contributed by atoms with Crippen LogP contribution in [0.2, 0.25) is 0 Å². The topological polar surface area (TPSA) is 97.0 Å². The Morgan fingerprint density at radius 3 is 2.58 bits per heavy atom. The summed E-state index contributed by atoms with van der Waals surface area (Å²) < 4.78 is 10.7. The number of carbonyl (C=O) groups is 3. The van der Waals surface area contributed by atoms with Gasteiger partial charge in [-0.1, -0.05) is 32.0 Å². The molecular weight excluding hydrogens is 398 g/mol. The molecule has 0 aromatic heterocycles. The van der Waals surface area contributed by atoms with Crippen LogP contribution >= 0.6 is 0 Å². The molecule has 1 fully saturated rings. The first-order chi connectivity index (χ1) is 14.8. The summed E-state index contributed by atoms with van der Waals surface area (Å²) >= 11 is 0. The van der Waals surface area contributed by atoms with Crippen molar-refractivity contribution in [2.45, 2.75) is 38.6 Å². The molecule has 0 unspecified atom stereocenters. The first kappa shape index (κ1) is 20.7. The summed E-state index contributed by atoms with van der Waals surface area (Å²) in [4.78, 5) is 39.0. The number of nitrogens with zero attached hydrogens (tertiary/aromatic N) is 1. The van der Waals surface area contributed by atoms with Crippen molar-refractivity contribution in [1.82, 2.24) is 10.2 Å². The second-order valence-electron chi connectivity index (χ2n) is 7.99. The van der Waals surface area contributed by atoms with Gasteiger partial charge in [-0.2, -0.15) is 0 Å². The van der Waals surface area contributed by atoms with E-state index in [1.807, 2.05) is 24.3 Å². The molecule has 4 rings (SSSR count). The highest BCUT2D eigenvalue weighted by atomic mass is 16.7. The predicted molar refractivity (Wildman–Crippen MR) is 114 cm³/mol. The quantitative estimate of drug-likeness (QED) is 0.695. The van der Waals surface area contributed by atoms with Gasteiger partial charge in [0.05, 0.1) is 0 Å². The van der Waals surface area contributed by atoms with E-state index in [1.54, 1.807) is 25.1 Å². The Kier molecular flexibility index (Phi) is 5.31. The normalized spacial score (nSPS) is 20.5. The standard InChI is InChI=1S/C23H25N3O5/c1-4-14(2)15-5-8-17(9-6-15)24-20(27)12-26-21(28)23(3,25-22(26)29)16-7-10-18-19(11-16)31-13-30-18/h5-11,14H,4,12-13H2,1-3H3,(H,24,27)(H,25,29)/t14-,23-/m1/s1. The molecule has 2 aromatic rings. The Morgan fingerprint density at radius 2 is 1.87 bits per heavy atom. The van der Waals surface area contributed by atoms with Gasteiger partial charge in [0.25, 0.3) is 5.91 Å². The van der Waals surface area contributed by atoms with Crippen LogP contribution in [0.5, 0.6) is 11.5 Å². The molecule has 8 nitrogen and oxygen atoms in total. The molecule has 2 atom stereocenters. The largest absolute Gasteiger partial charge is 0.454 e. The van der Waals surface area contributed by atoms with E-state index in [0.717, 1.165) is 11.3 Å². The zero-order chi connectivity index (χ0) is 22.2. The number of fused-ring (bicyclic) bond motifs is 1. The zero-order valence-electron chi connectivity index (χ0n) is 17.7. The number of nitrogens with one attached hydrogen (secondary N) is 2. The molecular formula is C23H25N3O5. The van der Waals surface area contributed by atoms with Gasteiger partial charge in [0.15, 0.2) is 11.5 Å². The molecule has 31 heavy (non-hydrogen) atoms. The van der Waals surface area contributed by atoms with Crippen LogP contribution in [0.15, 0.2) is 42.5 Å². The van der Waals surface area contributed by atoms with Gasteiger partial charge in [0, 0.05) is 5.69 Å². The van der Waals surface area contributed by atoms with Crippen molar-refractivity contribution in [2.75, 3.05) is 18.7 Å². The van der Waals surface area contributed by atoms with Gasteiger partial charge < -0.3 is 20.1 Å². The average Bonchev–Trinajstić information content (AvgIpc) is 3.32. The SMILES string of the molecule is CC[C@@H](C)c1ccc(NC(=O)CN2C(=O)N[C@](C)(c3ccc4c(c3)OCO4)C2=O)cc1. The van der Waals surface area contributed by atoms with Crippen LogP contribution < -0.4 is 20.1 Å². The van der Waals surface area contributed by atoms with Gasteiger partial charge in [0.1, 0.15) is 12.1 Å². The molecule has 162 valence electrons. The monoisotopic (exact) mass is 423 g/mol. The van der Waals surface area contributed by atoms with E-state index in [0.29, 0.717) is 28.7 Å². The molecule has 0 saturated carbocycles. The fourth-order valence-electron chi connectivity index (χ4n) is 3.72. The van der Waals surface area contributed by atoms with Gasteiger partial charge in [0.2, 0.25) is 12.7 Å². The van der Waals surface area contributed by atoms with Crippen LogP contribution in [0, 0.1) is 0 Å². The summed E-state index contributed by atoms with van der Waals surface area (Å²) in [5, 5.41) is 5.44. The number of urea groups is 1. The number of rotatable bonds is 6. The number of carbonyl (C=O) groups excluding carboxylic acids is 3. The van der Waals surface area contributed by atoms with Gasteiger partial charge in [-0.3, -0.25) is 14.5 Å². The van der Waals surface area contributed by atoms with Crippen molar-refractivity contribution < 1.29 is 23.9 Å². The van der Waals surface area contributed by atoms with Crippen molar-refractivity contribution in [3.05, 3.63) is 53.6 Å². The molecule has 0 bridgehead atoms. The Bertz CT molecular complexity index is 1040.